The number of carboxylic acid groups (broad SMARTS) is 1. The first-order valence-corrected chi connectivity index (χ1v) is 5.08. The van der Waals surface area contributed by atoms with Gasteiger partial charge in [-0.2, -0.15) is 0 Å². The number of benzene rings is 1. The van der Waals surface area contributed by atoms with Crippen LogP contribution in [0.4, 0.5) is 4.39 Å². The molecule has 1 aromatic rings. The van der Waals surface area contributed by atoms with Crippen molar-refractivity contribution in [3.05, 3.63) is 34.1 Å². The molecule has 0 aliphatic carbocycles. The molecule has 0 spiro atoms. The van der Waals surface area contributed by atoms with Crippen LogP contribution in [0.3, 0.4) is 0 Å². The van der Waals surface area contributed by atoms with E-state index in [2.05, 4.69) is 15.9 Å². The Morgan fingerprint density at radius 2 is 2.33 bits per heavy atom. The quantitative estimate of drug-likeness (QED) is 0.920. The number of aliphatic carboxylic acids is 1. The highest BCUT2D eigenvalue weighted by Crippen LogP contribution is 2.16. The summed E-state index contributed by atoms with van der Waals surface area (Å²) in [4.78, 5) is 10.4. The summed E-state index contributed by atoms with van der Waals surface area (Å²) < 4.78 is 18.8. The van der Waals surface area contributed by atoms with Crippen molar-refractivity contribution < 1.29 is 19.0 Å². The molecule has 15 heavy (non-hydrogen) atoms. The van der Waals surface area contributed by atoms with Gasteiger partial charge in [0.15, 0.2) is 6.10 Å². The summed E-state index contributed by atoms with van der Waals surface area (Å²) in [7, 11) is 0. The first-order chi connectivity index (χ1) is 7.00. The van der Waals surface area contributed by atoms with Gasteiger partial charge in [0.05, 0.1) is 6.61 Å². The third-order valence-electron chi connectivity index (χ3n) is 1.85. The maximum absolute atomic E-state index is 13.2. The normalized spacial score (nSPS) is 12.5. The Labute approximate surface area is 95.0 Å². The molecule has 0 radical (unpaired) electrons. The molecular weight excluding hydrogens is 267 g/mol. The number of carboxylic acids is 1. The predicted molar refractivity (Wildman–Crippen MR) is 56.0 cm³/mol. The summed E-state index contributed by atoms with van der Waals surface area (Å²) >= 11 is 3.12. The number of ether oxygens (including phenoxy) is 1. The molecule has 5 heteroatoms. The number of halogens is 2. The van der Waals surface area contributed by atoms with Crippen molar-refractivity contribution in [2.24, 2.45) is 0 Å². The Bertz CT molecular complexity index is 368. The molecular formula is C10H10BrFO3. The van der Waals surface area contributed by atoms with Gasteiger partial charge in [-0.1, -0.05) is 22.0 Å². The number of rotatable bonds is 4. The minimum absolute atomic E-state index is 0.0490. The molecule has 0 saturated carbocycles. The summed E-state index contributed by atoms with van der Waals surface area (Å²) in [6, 6.07) is 4.53. The summed E-state index contributed by atoms with van der Waals surface area (Å²) in [5.74, 6) is -1.48. The first kappa shape index (κ1) is 12.1. The Morgan fingerprint density at radius 1 is 1.67 bits per heavy atom. The molecule has 0 fully saturated rings. The van der Waals surface area contributed by atoms with Gasteiger partial charge in [0.2, 0.25) is 0 Å². The monoisotopic (exact) mass is 276 g/mol. The van der Waals surface area contributed by atoms with E-state index in [0.717, 1.165) is 0 Å². The van der Waals surface area contributed by atoms with Crippen molar-refractivity contribution in [1.29, 1.82) is 0 Å². The van der Waals surface area contributed by atoms with Gasteiger partial charge in [0.25, 0.3) is 0 Å². The second-order valence-corrected chi connectivity index (χ2v) is 3.94. The van der Waals surface area contributed by atoms with Crippen LogP contribution in [0.2, 0.25) is 0 Å². The van der Waals surface area contributed by atoms with Crippen LogP contribution in [-0.4, -0.2) is 17.2 Å². The lowest BCUT2D eigenvalue weighted by molar-refractivity contribution is -0.149. The molecule has 82 valence electrons. The van der Waals surface area contributed by atoms with E-state index in [9.17, 15) is 9.18 Å². The van der Waals surface area contributed by atoms with Crippen molar-refractivity contribution in [1.82, 2.24) is 0 Å². The highest BCUT2D eigenvalue weighted by molar-refractivity contribution is 9.10. The van der Waals surface area contributed by atoms with E-state index < -0.39 is 17.9 Å². The minimum atomic E-state index is -1.06. The molecule has 0 aliphatic rings. The smallest absolute Gasteiger partial charge is 0.332 e. The lowest BCUT2D eigenvalue weighted by atomic mass is 10.2. The van der Waals surface area contributed by atoms with E-state index in [1.165, 1.54) is 13.0 Å². The van der Waals surface area contributed by atoms with Crippen LogP contribution in [0.5, 0.6) is 0 Å². The van der Waals surface area contributed by atoms with Gasteiger partial charge >= 0.3 is 5.97 Å². The number of carbonyl (C=O) groups is 1. The Balaban J connectivity index is 2.62. The van der Waals surface area contributed by atoms with Crippen molar-refractivity contribution in [3.8, 4) is 0 Å². The van der Waals surface area contributed by atoms with Crippen LogP contribution in [-0.2, 0) is 16.1 Å². The Kier molecular flexibility index (Phi) is 4.23. The zero-order chi connectivity index (χ0) is 11.4. The average Bonchev–Trinajstić information content (AvgIpc) is 2.15. The molecule has 0 saturated heterocycles. The molecule has 0 bridgehead atoms. The molecule has 0 aliphatic heterocycles. The van der Waals surface area contributed by atoms with Crippen LogP contribution >= 0.6 is 15.9 Å². The van der Waals surface area contributed by atoms with Crippen LogP contribution in [0.1, 0.15) is 12.5 Å². The zero-order valence-electron chi connectivity index (χ0n) is 8.04. The van der Waals surface area contributed by atoms with E-state index in [1.54, 1.807) is 12.1 Å². The van der Waals surface area contributed by atoms with Gasteiger partial charge in [0, 0.05) is 10.0 Å². The molecule has 1 rings (SSSR count). The second-order valence-electron chi connectivity index (χ2n) is 3.03. The summed E-state index contributed by atoms with van der Waals surface area (Å²) in [5, 5.41) is 8.55. The number of hydrogen-bond donors (Lipinski definition) is 1. The van der Waals surface area contributed by atoms with Crippen molar-refractivity contribution >= 4 is 21.9 Å². The largest absolute Gasteiger partial charge is 0.479 e. The second kappa shape index (κ2) is 5.23. The van der Waals surface area contributed by atoms with Gasteiger partial charge in [-0.15, -0.1) is 0 Å². The van der Waals surface area contributed by atoms with E-state index in [1.807, 2.05) is 0 Å². The van der Waals surface area contributed by atoms with Crippen molar-refractivity contribution in [2.45, 2.75) is 19.6 Å². The van der Waals surface area contributed by atoms with Crippen LogP contribution in [0.15, 0.2) is 22.7 Å². The summed E-state index contributed by atoms with van der Waals surface area (Å²) in [6.07, 6.45) is -0.937. The Hall–Kier alpha value is -0.940. The van der Waals surface area contributed by atoms with Gasteiger partial charge in [-0.25, -0.2) is 9.18 Å². The van der Waals surface area contributed by atoms with E-state index in [4.69, 9.17) is 9.84 Å². The fourth-order valence-corrected chi connectivity index (χ4v) is 1.26. The lowest BCUT2D eigenvalue weighted by Gasteiger charge is -2.09. The highest BCUT2D eigenvalue weighted by Gasteiger charge is 2.12. The predicted octanol–water partition coefficient (Wildman–Crippen LogP) is 2.58. The Morgan fingerprint density at radius 3 is 2.87 bits per heavy atom. The van der Waals surface area contributed by atoms with Crippen molar-refractivity contribution in [3.63, 3.8) is 0 Å². The maximum atomic E-state index is 13.2. The van der Waals surface area contributed by atoms with Crippen LogP contribution in [0.25, 0.3) is 0 Å². The van der Waals surface area contributed by atoms with Gasteiger partial charge in [-0.05, 0) is 19.1 Å². The minimum Gasteiger partial charge on any atom is -0.479 e. The number of hydrogen-bond acceptors (Lipinski definition) is 2. The van der Waals surface area contributed by atoms with Gasteiger partial charge in [0.1, 0.15) is 5.82 Å². The summed E-state index contributed by atoms with van der Waals surface area (Å²) in [6.45, 7) is 1.35. The summed E-state index contributed by atoms with van der Waals surface area (Å²) in [5.41, 5.74) is 0.339. The highest BCUT2D eigenvalue weighted by atomic mass is 79.9. The van der Waals surface area contributed by atoms with E-state index in [-0.39, 0.29) is 6.61 Å². The van der Waals surface area contributed by atoms with E-state index in [0.29, 0.717) is 10.0 Å². The SMILES string of the molecule is C[C@H](OCc1ccc(Br)cc1F)C(=O)O. The molecule has 1 atom stereocenters. The van der Waals surface area contributed by atoms with E-state index >= 15 is 0 Å². The standard InChI is InChI=1S/C10H10BrFO3/c1-6(10(13)14)15-5-7-2-3-8(11)4-9(7)12/h2-4,6H,5H2,1H3,(H,13,14)/t6-/m0/s1. The zero-order valence-corrected chi connectivity index (χ0v) is 9.62. The van der Waals surface area contributed by atoms with Gasteiger partial charge < -0.3 is 9.84 Å². The molecule has 3 nitrogen and oxygen atoms in total. The maximum Gasteiger partial charge on any atom is 0.332 e. The topological polar surface area (TPSA) is 46.5 Å². The van der Waals surface area contributed by atoms with Crippen LogP contribution < -0.4 is 0 Å². The fourth-order valence-electron chi connectivity index (χ4n) is 0.925. The third kappa shape index (κ3) is 3.60. The van der Waals surface area contributed by atoms with Gasteiger partial charge in [-0.3, -0.25) is 0 Å². The molecule has 1 N–H and O–H groups in total. The molecule has 0 heterocycles. The molecule has 0 unspecified atom stereocenters. The van der Waals surface area contributed by atoms with Crippen molar-refractivity contribution in [2.75, 3.05) is 0 Å². The molecule has 0 amide bonds. The average molecular weight is 277 g/mol. The molecule has 1 aromatic carbocycles. The lowest BCUT2D eigenvalue weighted by Crippen LogP contribution is -2.19. The molecule has 0 aromatic heterocycles. The van der Waals surface area contributed by atoms with Crippen LogP contribution in [0, 0.1) is 5.82 Å². The third-order valence-corrected chi connectivity index (χ3v) is 2.34. The fraction of sp³-hybridized carbons (Fsp3) is 0.300. The first-order valence-electron chi connectivity index (χ1n) is 4.29.